The first-order valence-electron chi connectivity index (χ1n) is 10.2. The van der Waals surface area contributed by atoms with Crippen molar-refractivity contribution >= 4 is 27.5 Å². The molecule has 34 heavy (non-hydrogen) atoms. The molecule has 0 aliphatic rings. The van der Waals surface area contributed by atoms with E-state index in [4.69, 9.17) is 0 Å². The van der Waals surface area contributed by atoms with E-state index in [1.165, 1.54) is 37.4 Å². The lowest BCUT2D eigenvalue weighted by Crippen LogP contribution is -2.39. The van der Waals surface area contributed by atoms with Gasteiger partial charge in [0.2, 0.25) is 5.91 Å². The number of aryl methyl sites for hydroxylation is 1. The van der Waals surface area contributed by atoms with Crippen molar-refractivity contribution in [1.82, 2.24) is 10.6 Å². The van der Waals surface area contributed by atoms with Gasteiger partial charge in [-0.2, -0.15) is 0 Å². The highest BCUT2D eigenvalue weighted by atomic mass is 32.2. The number of sulfonamides is 1. The highest BCUT2D eigenvalue weighted by Gasteiger charge is 2.24. The quantitative estimate of drug-likeness (QED) is 0.474. The van der Waals surface area contributed by atoms with Crippen LogP contribution in [0.3, 0.4) is 0 Å². The fraction of sp³-hybridized carbons (Fsp3) is 0.167. The zero-order valence-electron chi connectivity index (χ0n) is 18.6. The van der Waals surface area contributed by atoms with Gasteiger partial charge in [0, 0.05) is 12.6 Å². The lowest BCUT2D eigenvalue weighted by molar-refractivity contribution is -0.122. The minimum Gasteiger partial charge on any atom is -0.357 e. The maximum Gasteiger partial charge on any atom is 0.261 e. The predicted molar refractivity (Wildman–Crippen MR) is 124 cm³/mol. The van der Waals surface area contributed by atoms with Crippen LogP contribution in [-0.2, 0) is 14.8 Å². The second-order valence-electron chi connectivity index (χ2n) is 7.57. The molecule has 1 unspecified atom stereocenters. The first kappa shape index (κ1) is 24.8. The van der Waals surface area contributed by atoms with Crippen molar-refractivity contribution in [2.75, 3.05) is 11.8 Å². The fourth-order valence-electron chi connectivity index (χ4n) is 3.20. The van der Waals surface area contributed by atoms with Crippen LogP contribution in [0.1, 0.15) is 33.1 Å². The van der Waals surface area contributed by atoms with Crippen LogP contribution in [0.4, 0.5) is 14.5 Å². The molecule has 0 aromatic heterocycles. The van der Waals surface area contributed by atoms with E-state index in [0.717, 1.165) is 23.3 Å². The number of carbonyl (C=O) groups is 2. The number of carbonyl (C=O) groups excluding carboxylic acids is 2. The second kappa shape index (κ2) is 10.0. The molecule has 1 atom stereocenters. The highest BCUT2D eigenvalue weighted by Crippen LogP contribution is 2.23. The summed E-state index contributed by atoms with van der Waals surface area (Å²) in [5.74, 6) is -3.59. The molecule has 0 aliphatic heterocycles. The molecule has 3 aromatic rings. The molecule has 0 fully saturated rings. The second-order valence-corrected chi connectivity index (χ2v) is 9.25. The van der Waals surface area contributed by atoms with Crippen LogP contribution in [0.5, 0.6) is 0 Å². The van der Waals surface area contributed by atoms with Crippen molar-refractivity contribution < 1.29 is 26.8 Å². The maximum atomic E-state index is 13.6. The van der Waals surface area contributed by atoms with Gasteiger partial charge in [-0.25, -0.2) is 17.2 Å². The number of hydrogen-bond acceptors (Lipinski definition) is 4. The molecule has 3 rings (SSSR count). The van der Waals surface area contributed by atoms with E-state index in [2.05, 4.69) is 15.4 Å². The molecule has 7 nitrogen and oxygen atoms in total. The lowest BCUT2D eigenvalue weighted by atomic mass is 10.0. The van der Waals surface area contributed by atoms with Gasteiger partial charge in [-0.05, 0) is 73.0 Å². The topological polar surface area (TPSA) is 104 Å². The molecular formula is C24H23F2N3O4S. The number of anilines is 1. The first-order valence-corrected chi connectivity index (χ1v) is 11.7. The Morgan fingerprint density at radius 1 is 0.912 bits per heavy atom. The molecule has 0 aliphatic carbocycles. The highest BCUT2D eigenvalue weighted by molar-refractivity contribution is 7.92. The molecular weight excluding hydrogens is 464 g/mol. The van der Waals surface area contributed by atoms with Gasteiger partial charge in [-0.3, -0.25) is 14.3 Å². The van der Waals surface area contributed by atoms with Crippen LogP contribution in [0.15, 0.2) is 65.6 Å². The summed E-state index contributed by atoms with van der Waals surface area (Å²) in [4.78, 5) is 24.9. The fourth-order valence-corrected chi connectivity index (χ4v) is 4.32. The third kappa shape index (κ3) is 5.40. The van der Waals surface area contributed by atoms with Crippen molar-refractivity contribution in [2.24, 2.45) is 0 Å². The zero-order chi connectivity index (χ0) is 25.0. The van der Waals surface area contributed by atoms with Gasteiger partial charge in [0.25, 0.3) is 15.9 Å². The Labute approximate surface area is 196 Å². The van der Waals surface area contributed by atoms with Gasteiger partial charge in [0.05, 0.1) is 10.6 Å². The Morgan fingerprint density at radius 2 is 1.59 bits per heavy atom. The summed E-state index contributed by atoms with van der Waals surface area (Å²) < 4.78 is 55.0. The third-order valence-electron chi connectivity index (χ3n) is 5.34. The summed E-state index contributed by atoms with van der Waals surface area (Å²) in [6.07, 6.45) is 0. The Bertz CT molecular complexity index is 1340. The van der Waals surface area contributed by atoms with Gasteiger partial charge in [0.1, 0.15) is 6.04 Å². The molecule has 0 radical (unpaired) electrons. The van der Waals surface area contributed by atoms with E-state index in [0.29, 0.717) is 5.69 Å². The van der Waals surface area contributed by atoms with Gasteiger partial charge in [0.15, 0.2) is 11.6 Å². The summed E-state index contributed by atoms with van der Waals surface area (Å²) in [7, 11) is -2.57. The van der Waals surface area contributed by atoms with Crippen molar-refractivity contribution in [3.63, 3.8) is 0 Å². The predicted octanol–water partition coefficient (Wildman–Crippen LogP) is 3.60. The van der Waals surface area contributed by atoms with E-state index >= 15 is 0 Å². The SMILES string of the molecule is CNC(=O)C(NC(=O)c1ccc(S(=O)(=O)Nc2cccc(C)c2C)cc1)c1ccc(F)c(F)c1. The molecule has 3 N–H and O–H groups in total. The molecule has 178 valence electrons. The Morgan fingerprint density at radius 3 is 2.21 bits per heavy atom. The standard InChI is InChI=1S/C24H23F2N3O4S/c1-14-5-4-6-21(15(14)2)29-34(32,33)18-10-7-16(8-11-18)23(30)28-22(24(31)27-3)17-9-12-19(25)20(26)13-17/h4-13,22,29H,1-3H3,(H,27,31)(H,28,30). The molecule has 0 saturated heterocycles. The Kier molecular flexibility index (Phi) is 7.31. The van der Waals surface area contributed by atoms with Gasteiger partial charge >= 0.3 is 0 Å². The largest absolute Gasteiger partial charge is 0.357 e. The van der Waals surface area contributed by atoms with Crippen LogP contribution in [-0.4, -0.2) is 27.3 Å². The maximum absolute atomic E-state index is 13.6. The summed E-state index contributed by atoms with van der Waals surface area (Å²) in [6, 6.07) is 11.9. The van der Waals surface area contributed by atoms with Crippen molar-refractivity contribution in [3.8, 4) is 0 Å². The summed E-state index contributed by atoms with van der Waals surface area (Å²) >= 11 is 0. The number of hydrogen-bond donors (Lipinski definition) is 3. The minimum atomic E-state index is -3.91. The summed E-state index contributed by atoms with van der Waals surface area (Å²) in [5.41, 5.74) is 2.28. The van der Waals surface area contributed by atoms with E-state index < -0.39 is 39.5 Å². The normalized spacial score (nSPS) is 12.0. The van der Waals surface area contributed by atoms with Crippen LogP contribution < -0.4 is 15.4 Å². The van der Waals surface area contributed by atoms with Gasteiger partial charge in [-0.1, -0.05) is 18.2 Å². The number of likely N-dealkylation sites (N-methyl/N-ethyl adjacent to an activating group) is 1. The summed E-state index contributed by atoms with van der Waals surface area (Å²) in [6.45, 7) is 3.67. The molecule has 3 aromatic carbocycles. The van der Waals surface area contributed by atoms with E-state index in [-0.39, 0.29) is 16.0 Å². The first-order chi connectivity index (χ1) is 16.0. The van der Waals surface area contributed by atoms with Crippen molar-refractivity contribution in [2.45, 2.75) is 24.8 Å². The molecule has 0 spiro atoms. The number of benzene rings is 3. The van der Waals surface area contributed by atoms with Crippen LogP contribution >= 0.6 is 0 Å². The smallest absolute Gasteiger partial charge is 0.261 e. The molecule has 0 bridgehead atoms. The zero-order valence-corrected chi connectivity index (χ0v) is 19.5. The van der Waals surface area contributed by atoms with Gasteiger partial charge in [-0.15, -0.1) is 0 Å². The number of amides is 2. The third-order valence-corrected chi connectivity index (χ3v) is 6.72. The van der Waals surface area contributed by atoms with Crippen LogP contribution in [0.2, 0.25) is 0 Å². The van der Waals surface area contributed by atoms with E-state index in [1.54, 1.807) is 19.1 Å². The van der Waals surface area contributed by atoms with E-state index in [1.807, 2.05) is 13.0 Å². The average Bonchev–Trinajstić information content (AvgIpc) is 2.81. The van der Waals surface area contributed by atoms with Gasteiger partial charge < -0.3 is 10.6 Å². The average molecular weight is 488 g/mol. The molecule has 0 heterocycles. The number of halogens is 2. The number of nitrogens with one attached hydrogen (secondary N) is 3. The Hall–Kier alpha value is -3.79. The van der Waals surface area contributed by atoms with Crippen LogP contribution in [0.25, 0.3) is 0 Å². The summed E-state index contributed by atoms with van der Waals surface area (Å²) in [5, 5.41) is 4.81. The monoisotopic (exact) mass is 487 g/mol. The Balaban J connectivity index is 1.81. The molecule has 2 amide bonds. The lowest BCUT2D eigenvalue weighted by Gasteiger charge is -2.18. The van der Waals surface area contributed by atoms with E-state index in [9.17, 15) is 26.8 Å². The van der Waals surface area contributed by atoms with Crippen molar-refractivity contribution in [1.29, 1.82) is 0 Å². The number of rotatable bonds is 7. The molecule has 0 saturated carbocycles. The van der Waals surface area contributed by atoms with Crippen molar-refractivity contribution in [3.05, 3.63) is 94.6 Å². The molecule has 10 heteroatoms. The minimum absolute atomic E-state index is 0.0449. The van der Waals surface area contributed by atoms with Crippen LogP contribution in [0, 0.1) is 25.5 Å².